The summed E-state index contributed by atoms with van der Waals surface area (Å²) in [5.74, 6) is 0.0459. The molecule has 0 atom stereocenters. The second-order valence-corrected chi connectivity index (χ2v) is 4.14. The van der Waals surface area contributed by atoms with E-state index in [0.29, 0.717) is 22.8 Å². The minimum Gasteiger partial charge on any atom is -0.432 e. The normalized spacial score (nSPS) is 11.4. The molecule has 0 spiro atoms. The average Bonchev–Trinajstić information content (AvgIpc) is 2.99. The van der Waals surface area contributed by atoms with Crippen LogP contribution in [0.2, 0.25) is 0 Å². The van der Waals surface area contributed by atoms with Gasteiger partial charge < -0.3 is 10.2 Å². The monoisotopic (exact) mass is 270 g/mol. The summed E-state index contributed by atoms with van der Waals surface area (Å²) in [7, 11) is 0. The highest BCUT2D eigenvalue weighted by molar-refractivity contribution is 6.09. The lowest BCUT2D eigenvalue weighted by molar-refractivity contribution is 0.596. The second kappa shape index (κ2) is 4.65. The molecular formula is C14H11FN4O. The van der Waals surface area contributed by atoms with Crippen molar-refractivity contribution in [2.45, 2.75) is 0 Å². The number of nitrogens with one attached hydrogen (secondary N) is 1. The number of oxazole rings is 1. The molecule has 0 aliphatic heterocycles. The molecule has 5 nitrogen and oxygen atoms in total. The van der Waals surface area contributed by atoms with Crippen molar-refractivity contribution in [3.05, 3.63) is 60.5 Å². The first-order valence-electron chi connectivity index (χ1n) is 5.89. The summed E-state index contributed by atoms with van der Waals surface area (Å²) in [4.78, 5) is 4.33. The van der Waals surface area contributed by atoms with Crippen molar-refractivity contribution in [1.29, 1.82) is 5.41 Å². The third kappa shape index (κ3) is 1.87. The highest BCUT2D eigenvalue weighted by atomic mass is 19.1. The van der Waals surface area contributed by atoms with Crippen molar-refractivity contribution in [3.63, 3.8) is 0 Å². The summed E-state index contributed by atoms with van der Waals surface area (Å²) in [6.07, 6.45) is 5.91. The molecule has 3 aromatic rings. The maximum atomic E-state index is 13.0. The van der Waals surface area contributed by atoms with Crippen molar-refractivity contribution in [1.82, 2.24) is 9.38 Å². The van der Waals surface area contributed by atoms with Gasteiger partial charge in [-0.25, -0.2) is 4.39 Å². The number of hydrogen-bond donors (Lipinski definition) is 2. The number of rotatable bonds is 3. The predicted molar refractivity (Wildman–Crippen MR) is 73.0 cm³/mol. The highest BCUT2D eigenvalue weighted by Crippen LogP contribution is 2.25. The van der Waals surface area contributed by atoms with Crippen LogP contribution in [0.3, 0.4) is 0 Å². The van der Waals surface area contributed by atoms with Crippen molar-refractivity contribution < 1.29 is 8.81 Å². The van der Waals surface area contributed by atoms with Gasteiger partial charge >= 0.3 is 5.84 Å². The second-order valence-electron chi connectivity index (χ2n) is 4.14. The zero-order valence-electron chi connectivity index (χ0n) is 10.4. The first-order valence-corrected chi connectivity index (χ1v) is 5.89. The minimum absolute atomic E-state index is 0.195. The van der Waals surface area contributed by atoms with Gasteiger partial charge in [0.1, 0.15) is 23.5 Å². The van der Waals surface area contributed by atoms with E-state index in [1.807, 2.05) is 0 Å². The zero-order chi connectivity index (χ0) is 14.1. The number of aromatic nitrogens is 2. The van der Waals surface area contributed by atoms with Crippen molar-refractivity contribution in [3.8, 4) is 11.3 Å². The number of nitrogens with two attached hydrogens (primary N) is 1. The van der Waals surface area contributed by atoms with Crippen LogP contribution in [-0.4, -0.2) is 15.1 Å². The molecule has 6 heteroatoms. The van der Waals surface area contributed by atoms with Gasteiger partial charge in [0.15, 0.2) is 0 Å². The minimum atomic E-state index is -0.324. The van der Waals surface area contributed by atoms with E-state index in [0.717, 1.165) is 0 Å². The molecule has 0 radical (unpaired) electrons. The summed E-state index contributed by atoms with van der Waals surface area (Å²) < 4.78 is 19.9. The smallest absolute Gasteiger partial charge is 0.306 e. The van der Waals surface area contributed by atoms with E-state index in [-0.39, 0.29) is 11.5 Å². The lowest BCUT2D eigenvalue weighted by atomic mass is 10.1. The Morgan fingerprint density at radius 3 is 2.80 bits per heavy atom. The Morgan fingerprint density at radius 2 is 2.10 bits per heavy atom. The van der Waals surface area contributed by atoms with E-state index >= 15 is 0 Å². The molecule has 2 aromatic heterocycles. The molecule has 0 bridgehead atoms. The van der Waals surface area contributed by atoms with E-state index in [1.165, 1.54) is 30.7 Å². The lowest BCUT2D eigenvalue weighted by Crippen LogP contribution is -2.02. The van der Waals surface area contributed by atoms with Crippen LogP contribution in [0, 0.1) is 11.2 Å². The molecule has 0 saturated heterocycles. The predicted octanol–water partition coefficient (Wildman–Crippen LogP) is 2.57. The summed E-state index contributed by atoms with van der Waals surface area (Å²) >= 11 is 0. The Hall–Kier alpha value is -2.89. The summed E-state index contributed by atoms with van der Waals surface area (Å²) in [5, 5.41) is 8.06. The van der Waals surface area contributed by atoms with Gasteiger partial charge in [-0.05, 0) is 36.5 Å². The molecule has 3 rings (SSSR count). The standard InChI is InChI=1S/C14H11FN4O/c15-10-3-1-9(2-4-10)12-13(11(17)5-6-16)19-7-8-20-14(19)18-12/h1-8,17H,16H2. The SMILES string of the molecule is N=C(C=CN)c1c(-c2ccc(F)cc2)nc2occn12. The highest BCUT2D eigenvalue weighted by Gasteiger charge is 2.18. The van der Waals surface area contributed by atoms with E-state index in [1.54, 1.807) is 22.7 Å². The van der Waals surface area contributed by atoms with Gasteiger partial charge in [0.25, 0.3) is 0 Å². The van der Waals surface area contributed by atoms with Crippen LogP contribution in [0.25, 0.3) is 17.1 Å². The summed E-state index contributed by atoms with van der Waals surface area (Å²) in [5.41, 5.74) is 7.33. The number of imidazole rings is 1. The number of hydrogen-bond acceptors (Lipinski definition) is 4. The molecule has 2 heterocycles. The van der Waals surface area contributed by atoms with E-state index in [4.69, 9.17) is 15.6 Å². The molecule has 1 aromatic carbocycles. The fraction of sp³-hybridized carbons (Fsp3) is 0. The van der Waals surface area contributed by atoms with Crippen molar-refractivity contribution >= 4 is 11.6 Å². The number of fused-ring (bicyclic) bond motifs is 1. The molecule has 0 saturated carbocycles. The van der Waals surface area contributed by atoms with Gasteiger partial charge in [-0.1, -0.05) is 0 Å². The van der Waals surface area contributed by atoms with E-state index in [9.17, 15) is 4.39 Å². The third-order valence-electron chi connectivity index (χ3n) is 2.90. The maximum absolute atomic E-state index is 13.0. The lowest BCUT2D eigenvalue weighted by Gasteiger charge is -2.02. The number of allylic oxidation sites excluding steroid dienone is 1. The first kappa shape index (κ1) is 12.2. The molecule has 0 aliphatic carbocycles. The van der Waals surface area contributed by atoms with Crippen LogP contribution in [0.1, 0.15) is 5.69 Å². The van der Waals surface area contributed by atoms with E-state index in [2.05, 4.69) is 4.98 Å². The van der Waals surface area contributed by atoms with Gasteiger partial charge in [0, 0.05) is 11.8 Å². The molecule has 100 valence electrons. The van der Waals surface area contributed by atoms with Crippen LogP contribution in [0.15, 0.2) is 53.4 Å². The fourth-order valence-corrected chi connectivity index (χ4v) is 2.03. The fourth-order valence-electron chi connectivity index (χ4n) is 2.03. The molecule has 20 heavy (non-hydrogen) atoms. The molecule has 0 unspecified atom stereocenters. The zero-order valence-corrected chi connectivity index (χ0v) is 10.4. The van der Waals surface area contributed by atoms with Crippen LogP contribution in [-0.2, 0) is 0 Å². The Kier molecular flexibility index (Phi) is 2.83. The van der Waals surface area contributed by atoms with Gasteiger partial charge in [-0.3, -0.25) is 9.81 Å². The number of benzene rings is 1. The van der Waals surface area contributed by atoms with Crippen molar-refractivity contribution in [2.24, 2.45) is 5.73 Å². The molecular weight excluding hydrogens is 259 g/mol. The van der Waals surface area contributed by atoms with Gasteiger partial charge in [-0.2, -0.15) is 4.98 Å². The molecule has 3 N–H and O–H groups in total. The Bertz CT molecular complexity index is 798. The van der Waals surface area contributed by atoms with Gasteiger partial charge in [0.2, 0.25) is 0 Å². The van der Waals surface area contributed by atoms with Crippen LogP contribution in [0.5, 0.6) is 0 Å². The Labute approximate surface area is 113 Å². The average molecular weight is 270 g/mol. The van der Waals surface area contributed by atoms with Gasteiger partial charge in [0.05, 0.1) is 5.71 Å². The summed E-state index contributed by atoms with van der Waals surface area (Å²) in [6.45, 7) is 0. The number of halogens is 1. The molecule has 0 aliphatic rings. The summed E-state index contributed by atoms with van der Waals surface area (Å²) in [6, 6.07) is 5.92. The topological polar surface area (TPSA) is 80.3 Å². The van der Waals surface area contributed by atoms with Crippen molar-refractivity contribution in [2.75, 3.05) is 0 Å². The van der Waals surface area contributed by atoms with E-state index < -0.39 is 0 Å². The van der Waals surface area contributed by atoms with Gasteiger partial charge in [-0.15, -0.1) is 0 Å². The Morgan fingerprint density at radius 1 is 1.35 bits per heavy atom. The first-order chi connectivity index (χ1) is 9.70. The van der Waals surface area contributed by atoms with Crippen LogP contribution in [0.4, 0.5) is 4.39 Å². The molecule has 0 fully saturated rings. The number of nitrogens with zero attached hydrogens (tertiary/aromatic N) is 2. The van der Waals surface area contributed by atoms with Crippen LogP contribution < -0.4 is 5.73 Å². The molecule has 0 amide bonds. The Balaban J connectivity index is 2.24. The third-order valence-corrected chi connectivity index (χ3v) is 2.90. The maximum Gasteiger partial charge on any atom is 0.306 e. The quantitative estimate of drug-likeness (QED) is 0.718. The largest absolute Gasteiger partial charge is 0.432 e. The van der Waals surface area contributed by atoms with Crippen LogP contribution >= 0.6 is 0 Å².